The maximum atomic E-state index is 13.9. The lowest BCUT2D eigenvalue weighted by atomic mass is 9.98. The zero-order chi connectivity index (χ0) is 41.6. The van der Waals surface area contributed by atoms with Gasteiger partial charge in [0.05, 0.1) is 16.9 Å². The molecule has 0 aliphatic carbocycles. The van der Waals surface area contributed by atoms with Gasteiger partial charge >= 0.3 is 0 Å². The normalized spacial score (nSPS) is 11.3. The van der Waals surface area contributed by atoms with E-state index in [4.69, 9.17) is 0 Å². The third-order valence-corrected chi connectivity index (χ3v) is 10.4. The maximum absolute atomic E-state index is 13.9. The van der Waals surface area contributed by atoms with Crippen molar-refractivity contribution in [2.45, 2.75) is 27.7 Å². The van der Waals surface area contributed by atoms with Gasteiger partial charge in [-0.05, 0) is 129 Å². The van der Waals surface area contributed by atoms with Crippen LogP contribution in [0.5, 0.6) is 5.75 Å². The Kier molecular flexibility index (Phi) is 11.3. The largest absolute Gasteiger partial charge is 0.505 e. The van der Waals surface area contributed by atoms with E-state index in [1.165, 1.54) is 11.1 Å². The third kappa shape index (κ3) is 8.86. The standard InChI is InChI=1S/C53H45N5O2/c1-35-10-24-44(25-11-35)56-57-51-49-41(23-16-38(4)50(49)54-42-8-6-5-7-9-42)34-48(52(51)59)53(60)55-43-26-19-39(20-27-43)17-18-40-21-32-47(33-22-40)58(45-28-12-36(2)13-29-45)46-30-14-37(3)15-31-46/h5-34,54,59H,1-4H3,(H,55,60)/b18-17+,57-56?. The van der Waals surface area contributed by atoms with Crippen molar-refractivity contribution in [2.24, 2.45) is 10.2 Å². The van der Waals surface area contributed by atoms with Crippen LogP contribution in [0.25, 0.3) is 22.9 Å². The lowest BCUT2D eigenvalue weighted by Crippen LogP contribution is -2.12. The highest BCUT2D eigenvalue weighted by Gasteiger charge is 2.22. The fourth-order valence-electron chi connectivity index (χ4n) is 7.02. The Labute approximate surface area is 351 Å². The maximum Gasteiger partial charge on any atom is 0.259 e. The van der Waals surface area contributed by atoms with E-state index in [0.29, 0.717) is 16.8 Å². The highest BCUT2D eigenvalue weighted by Crippen LogP contribution is 2.45. The minimum atomic E-state index is -0.465. The van der Waals surface area contributed by atoms with Gasteiger partial charge in [-0.3, -0.25) is 4.79 Å². The first kappa shape index (κ1) is 39.1. The van der Waals surface area contributed by atoms with Crippen molar-refractivity contribution in [1.29, 1.82) is 0 Å². The summed E-state index contributed by atoms with van der Waals surface area (Å²) in [4.78, 5) is 16.1. The monoisotopic (exact) mass is 783 g/mol. The predicted molar refractivity (Wildman–Crippen MR) is 249 cm³/mol. The third-order valence-electron chi connectivity index (χ3n) is 10.4. The molecule has 0 aliphatic rings. The van der Waals surface area contributed by atoms with Crippen LogP contribution in [0.4, 0.5) is 45.5 Å². The zero-order valence-electron chi connectivity index (χ0n) is 34.0. The Bertz CT molecular complexity index is 2790. The Morgan fingerprint density at radius 2 is 1.08 bits per heavy atom. The molecule has 0 atom stereocenters. The number of para-hydroxylation sites is 1. The molecule has 0 spiro atoms. The van der Waals surface area contributed by atoms with Crippen LogP contribution >= 0.6 is 0 Å². The number of aromatic hydroxyl groups is 1. The summed E-state index contributed by atoms with van der Waals surface area (Å²) in [5, 5.41) is 28.7. The van der Waals surface area contributed by atoms with Gasteiger partial charge in [-0.25, -0.2) is 0 Å². The van der Waals surface area contributed by atoms with Gasteiger partial charge in [0.1, 0.15) is 5.69 Å². The van der Waals surface area contributed by atoms with Gasteiger partial charge in [0.2, 0.25) is 0 Å². The molecule has 294 valence electrons. The van der Waals surface area contributed by atoms with Crippen LogP contribution in [-0.4, -0.2) is 11.0 Å². The second-order valence-corrected chi connectivity index (χ2v) is 15.0. The van der Waals surface area contributed by atoms with Gasteiger partial charge in [-0.2, -0.15) is 5.11 Å². The molecule has 8 aromatic rings. The Morgan fingerprint density at radius 3 is 1.65 bits per heavy atom. The van der Waals surface area contributed by atoms with Crippen molar-refractivity contribution in [2.75, 3.05) is 15.5 Å². The first-order chi connectivity index (χ1) is 29.2. The molecule has 8 rings (SSSR count). The second-order valence-electron chi connectivity index (χ2n) is 15.0. The van der Waals surface area contributed by atoms with Crippen molar-refractivity contribution in [3.05, 3.63) is 209 Å². The lowest BCUT2D eigenvalue weighted by molar-refractivity contribution is 0.102. The van der Waals surface area contributed by atoms with E-state index in [0.717, 1.165) is 56.1 Å². The average molecular weight is 784 g/mol. The summed E-state index contributed by atoms with van der Waals surface area (Å²) in [6.07, 6.45) is 4.11. The zero-order valence-corrected chi connectivity index (χ0v) is 34.0. The SMILES string of the molecule is Cc1ccc(N=Nc2c(O)c(C(=O)Nc3ccc(/C=C/c4ccc(N(c5ccc(C)cc5)c5ccc(C)cc5)cc4)cc3)cc3ccc(C)c(Nc4ccccc4)c23)cc1. The average Bonchev–Trinajstić information content (AvgIpc) is 3.26. The fourth-order valence-corrected chi connectivity index (χ4v) is 7.02. The highest BCUT2D eigenvalue weighted by molar-refractivity contribution is 6.15. The van der Waals surface area contributed by atoms with Crippen LogP contribution in [0.2, 0.25) is 0 Å². The molecule has 7 nitrogen and oxygen atoms in total. The van der Waals surface area contributed by atoms with Crippen LogP contribution < -0.4 is 15.5 Å². The molecular formula is C53H45N5O2. The Morgan fingerprint density at radius 1 is 0.567 bits per heavy atom. The minimum absolute atomic E-state index is 0.0885. The molecule has 0 saturated carbocycles. The number of amides is 1. The number of azo groups is 1. The van der Waals surface area contributed by atoms with Gasteiger partial charge in [0, 0.05) is 33.8 Å². The summed E-state index contributed by atoms with van der Waals surface area (Å²) in [6, 6.07) is 56.3. The molecule has 0 bridgehead atoms. The summed E-state index contributed by atoms with van der Waals surface area (Å²) >= 11 is 0. The minimum Gasteiger partial charge on any atom is -0.505 e. The molecular weight excluding hydrogens is 739 g/mol. The van der Waals surface area contributed by atoms with E-state index >= 15 is 0 Å². The van der Waals surface area contributed by atoms with E-state index in [2.05, 4.69) is 118 Å². The van der Waals surface area contributed by atoms with E-state index in [9.17, 15) is 9.90 Å². The van der Waals surface area contributed by atoms with Crippen molar-refractivity contribution in [3.8, 4) is 5.75 Å². The number of anilines is 6. The van der Waals surface area contributed by atoms with Gasteiger partial charge in [0.25, 0.3) is 5.91 Å². The number of fused-ring (bicyclic) bond motifs is 1. The molecule has 7 heteroatoms. The fraction of sp³-hybridized carbons (Fsp3) is 0.0755. The van der Waals surface area contributed by atoms with Crippen molar-refractivity contribution < 1.29 is 9.90 Å². The molecule has 8 aromatic carbocycles. The lowest BCUT2D eigenvalue weighted by Gasteiger charge is -2.25. The second kappa shape index (κ2) is 17.4. The van der Waals surface area contributed by atoms with Crippen LogP contribution in [-0.2, 0) is 0 Å². The van der Waals surface area contributed by atoms with Crippen LogP contribution in [0.15, 0.2) is 180 Å². The van der Waals surface area contributed by atoms with E-state index in [1.807, 2.05) is 111 Å². The van der Waals surface area contributed by atoms with E-state index in [1.54, 1.807) is 6.07 Å². The van der Waals surface area contributed by atoms with E-state index < -0.39 is 5.91 Å². The summed E-state index contributed by atoms with van der Waals surface area (Å²) in [5.74, 6) is -0.725. The molecule has 60 heavy (non-hydrogen) atoms. The Balaban J connectivity index is 1.03. The van der Waals surface area contributed by atoms with Crippen molar-refractivity contribution >= 4 is 74.3 Å². The Hall–Kier alpha value is -7.77. The molecule has 0 saturated heterocycles. The van der Waals surface area contributed by atoms with Gasteiger partial charge < -0.3 is 20.6 Å². The molecule has 0 aromatic heterocycles. The van der Waals surface area contributed by atoms with Crippen LogP contribution in [0, 0.1) is 27.7 Å². The number of phenolic OH excluding ortho intramolecular Hbond substituents is 1. The summed E-state index contributed by atoms with van der Waals surface area (Å²) < 4.78 is 0. The predicted octanol–water partition coefficient (Wildman–Crippen LogP) is 14.8. The molecule has 0 radical (unpaired) electrons. The smallest absolute Gasteiger partial charge is 0.259 e. The van der Waals surface area contributed by atoms with Gasteiger partial charge in [-0.15, -0.1) is 5.11 Å². The van der Waals surface area contributed by atoms with Crippen molar-refractivity contribution in [1.82, 2.24) is 0 Å². The highest BCUT2D eigenvalue weighted by atomic mass is 16.3. The number of phenols is 1. The number of nitrogens with one attached hydrogen (secondary N) is 2. The number of hydrogen-bond acceptors (Lipinski definition) is 6. The number of carbonyl (C=O) groups is 1. The summed E-state index contributed by atoms with van der Waals surface area (Å²) in [5.41, 5.74) is 12.9. The number of benzene rings is 8. The number of rotatable bonds is 11. The van der Waals surface area contributed by atoms with Crippen LogP contribution in [0.1, 0.15) is 43.7 Å². The van der Waals surface area contributed by atoms with Gasteiger partial charge in [-0.1, -0.05) is 120 Å². The molecule has 3 N–H and O–H groups in total. The van der Waals surface area contributed by atoms with Gasteiger partial charge in [0.15, 0.2) is 5.75 Å². The summed E-state index contributed by atoms with van der Waals surface area (Å²) in [6.45, 7) is 8.19. The summed E-state index contributed by atoms with van der Waals surface area (Å²) in [7, 11) is 0. The van der Waals surface area contributed by atoms with Crippen LogP contribution in [0.3, 0.4) is 0 Å². The molecule has 1 amide bonds. The topological polar surface area (TPSA) is 89.3 Å². The number of hydrogen-bond donors (Lipinski definition) is 3. The molecule has 0 aliphatic heterocycles. The molecule has 0 heterocycles. The number of carbonyl (C=O) groups excluding carboxylic acids is 1. The number of nitrogens with zero attached hydrogens (tertiary/aromatic N) is 3. The van der Waals surface area contributed by atoms with E-state index in [-0.39, 0.29) is 17.0 Å². The molecule has 0 fully saturated rings. The molecule has 0 unspecified atom stereocenters. The first-order valence-electron chi connectivity index (χ1n) is 19.9. The van der Waals surface area contributed by atoms with Crippen molar-refractivity contribution in [3.63, 3.8) is 0 Å². The number of aryl methyl sites for hydroxylation is 4. The first-order valence-corrected chi connectivity index (χ1v) is 19.9. The quantitative estimate of drug-likeness (QED) is 0.0900.